The molecule has 0 atom stereocenters. The fraction of sp³-hybridized carbons (Fsp3) is 0. The highest BCUT2D eigenvalue weighted by molar-refractivity contribution is 7.26. The number of thiophene rings is 1. The number of nitrogens with zero attached hydrogens (tertiary/aromatic N) is 3. The summed E-state index contributed by atoms with van der Waals surface area (Å²) in [5.41, 5.74) is 5.24. The van der Waals surface area contributed by atoms with Crippen LogP contribution in [0.15, 0.2) is 140 Å². The molecule has 4 heteroatoms. The minimum absolute atomic E-state index is 0.659. The molecule has 0 aliphatic heterocycles. The van der Waals surface area contributed by atoms with Crippen molar-refractivity contribution in [2.75, 3.05) is 0 Å². The maximum atomic E-state index is 4.96. The molecule has 0 spiro atoms. The first-order valence-electron chi connectivity index (χ1n) is 13.6. The summed E-state index contributed by atoms with van der Waals surface area (Å²) in [6.07, 6.45) is 0. The number of aromatic nitrogens is 3. The van der Waals surface area contributed by atoms with Crippen LogP contribution in [-0.4, -0.2) is 15.0 Å². The second-order valence-corrected chi connectivity index (χ2v) is 11.1. The lowest BCUT2D eigenvalue weighted by molar-refractivity contribution is 1.07. The van der Waals surface area contributed by atoms with Crippen molar-refractivity contribution in [2.24, 2.45) is 0 Å². The summed E-state index contributed by atoms with van der Waals surface area (Å²) in [6, 6.07) is 48.6. The molecular weight excluding hydrogens is 518 g/mol. The van der Waals surface area contributed by atoms with Crippen LogP contribution >= 0.6 is 11.3 Å². The lowest BCUT2D eigenvalue weighted by Gasteiger charge is -2.12. The molecule has 8 rings (SSSR count). The molecule has 0 N–H and O–H groups in total. The van der Waals surface area contributed by atoms with Crippen molar-refractivity contribution in [2.45, 2.75) is 0 Å². The molecule has 0 aliphatic carbocycles. The quantitative estimate of drug-likeness (QED) is 0.222. The maximum Gasteiger partial charge on any atom is 0.164 e. The van der Waals surface area contributed by atoms with Gasteiger partial charge in [-0.1, -0.05) is 121 Å². The average Bonchev–Trinajstić information content (AvgIpc) is 3.44. The summed E-state index contributed by atoms with van der Waals surface area (Å²) >= 11 is 1.85. The van der Waals surface area contributed by atoms with Crippen LogP contribution in [0.25, 0.3) is 76.2 Å². The highest BCUT2D eigenvalue weighted by Crippen LogP contribution is 2.43. The number of benzene rings is 6. The molecule has 192 valence electrons. The summed E-state index contributed by atoms with van der Waals surface area (Å²) in [6.45, 7) is 0. The number of hydrogen-bond donors (Lipinski definition) is 0. The second-order valence-electron chi connectivity index (χ2n) is 10.1. The van der Waals surface area contributed by atoms with E-state index >= 15 is 0 Å². The molecule has 2 heterocycles. The molecule has 0 saturated carbocycles. The fourth-order valence-electron chi connectivity index (χ4n) is 5.59. The Balaban J connectivity index is 1.33. The van der Waals surface area contributed by atoms with Crippen molar-refractivity contribution in [3.8, 4) is 45.3 Å². The van der Waals surface area contributed by atoms with Gasteiger partial charge in [0.05, 0.1) is 0 Å². The van der Waals surface area contributed by atoms with E-state index < -0.39 is 0 Å². The first kappa shape index (κ1) is 23.7. The molecule has 0 aliphatic rings. The predicted molar refractivity (Wildman–Crippen MR) is 172 cm³/mol. The van der Waals surface area contributed by atoms with E-state index in [9.17, 15) is 0 Å². The second kappa shape index (κ2) is 9.77. The van der Waals surface area contributed by atoms with Crippen molar-refractivity contribution in [3.63, 3.8) is 0 Å². The Labute approximate surface area is 241 Å². The van der Waals surface area contributed by atoms with E-state index in [0.717, 1.165) is 22.3 Å². The molecule has 0 fully saturated rings. The first-order chi connectivity index (χ1) is 20.3. The van der Waals surface area contributed by atoms with E-state index in [0.29, 0.717) is 17.5 Å². The van der Waals surface area contributed by atoms with E-state index in [4.69, 9.17) is 15.0 Å². The third-order valence-corrected chi connectivity index (χ3v) is 8.63. The molecule has 41 heavy (non-hydrogen) atoms. The number of fused-ring (bicyclic) bond motifs is 5. The van der Waals surface area contributed by atoms with Gasteiger partial charge in [0.25, 0.3) is 0 Å². The van der Waals surface area contributed by atoms with Gasteiger partial charge in [0.15, 0.2) is 17.5 Å². The van der Waals surface area contributed by atoms with Gasteiger partial charge < -0.3 is 0 Å². The first-order valence-corrected chi connectivity index (χ1v) is 14.4. The van der Waals surface area contributed by atoms with Gasteiger partial charge in [0, 0.05) is 36.9 Å². The lowest BCUT2D eigenvalue weighted by atomic mass is 9.94. The fourth-order valence-corrected chi connectivity index (χ4v) is 6.75. The van der Waals surface area contributed by atoms with Crippen LogP contribution in [0.5, 0.6) is 0 Å². The maximum absolute atomic E-state index is 4.96. The SMILES string of the molecule is c1ccc(-c2nc(-c3ccccc3)nc(-c3cccc(-c4cc5sc6ccccc6c5c5ccccc45)c3)n2)cc1. The minimum Gasteiger partial charge on any atom is -0.208 e. The van der Waals surface area contributed by atoms with E-state index in [1.54, 1.807) is 0 Å². The van der Waals surface area contributed by atoms with Crippen LogP contribution in [0.2, 0.25) is 0 Å². The summed E-state index contributed by atoms with van der Waals surface area (Å²) in [5, 5.41) is 5.17. The van der Waals surface area contributed by atoms with Crippen LogP contribution in [0.3, 0.4) is 0 Å². The van der Waals surface area contributed by atoms with E-state index in [-0.39, 0.29) is 0 Å². The van der Waals surface area contributed by atoms with Crippen molar-refractivity contribution >= 4 is 42.3 Å². The van der Waals surface area contributed by atoms with Gasteiger partial charge in [-0.15, -0.1) is 11.3 Å². The van der Waals surface area contributed by atoms with Gasteiger partial charge in [-0.05, 0) is 40.1 Å². The Hall–Kier alpha value is -5.19. The summed E-state index contributed by atoms with van der Waals surface area (Å²) in [5.74, 6) is 1.99. The normalized spacial score (nSPS) is 11.4. The largest absolute Gasteiger partial charge is 0.208 e. The van der Waals surface area contributed by atoms with Gasteiger partial charge in [-0.3, -0.25) is 0 Å². The highest BCUT2D eigenvalue weighted by Gasteiger charge is 2.16. The zero-order valence-electron chi connectivity index (χ0n) is 22.0. The van der Waals surface area contributed by atoms with E-state index in [1.165, 1.54) is 36.5 Å². The van der Waals surface area contributed by atoms with Crippen LogP contribution in [0, 0.1) is 0 Å². The van der Waals surface area contributed by atoms with Crippen molar-refractivity contribution < 1.29 is 0 Å². The van der Waals surface area contributed by atoms with Crippen LogP contribution < -0.4 is 0 Å². The molecule has 6 aromatic carbocycles. The Kier molecular flexibility index (Phi) is 5.64. The summed E-state index contributed by atoms with van der Waals surface area (Å²) < 4.78 is 2.61. The smallest absolute Gasteiger partial charge is 0.164 e. The Morgan fingerprint density at radius 2 is 0.878 bits per heavy atom. The molecule has 8 aromatic rings. The molecule has 0 saturated heterocycles. The minimum atomic E-state index is 0.659. The molecular formula is C37H23N3S. The topological polar surface area (TPSA) is 38.7 Å². The van der Waals surface area contributed by atoms with Crippen LogP contribution in [0.1, 0.15) is 0 Å². The Morgan fingerprint density at radius 3 is 1.56 bits per heavy atom. The standard InChI is InChI=1S/C37H23N3S/c1-3-12-24(13-4-1)35-38-36(25-14-5-2-6-15-25)40-37(39-35)27-17-11-16-26(22-27)31-23-33-34(29-19-8-7-18-28(29)31)30-20-9-10-21-32(30)41-33/h1-23H. The van der Waals surface area contributed by atoms with Crippen LogP contribution in [0.4, 0.5) is 0 Å². The molecule has 0 bridgehead atoms. The third-order valence-electron chi connectivity index (χ3n) is 7.52. The number of hydrogen-bond acceptors (Lipinski definition) is 4. The van der Waals surface area contributed by atoms with Gasteiger partial charge in [-0.2, -0.15) is 0 Å². The molecule has 2 aromatic heterocycles. The lowest BCUT2D eigenvalue weighted by Crippen LogP contribution is -2.00. The monoisotopic (exact) mass is 541 g/mol. The van der Waals surface area contributed by atoms with Crippen LogP contribution in [-0.2, 0) is 0 Å². The average molecular weight is 542 g/mol. The summed E-state index contributed by atoms with van der Waals surface area (Å²) in [4.78, 5) is 14.8. The van der Waals surface area contributed by atoms with Gasteiger partial charge in [0.1, 0.15) is 0 Å². The zero-order valence-corrected chi connectivity index (χ0v) is 22.8. The molecule has 3 nitrogen and oxygen atoms in total. The van der Waals surface area contributed by atoms with Gasteiger partial charge in [0.2, 0.25) is 0 Å². The van der Waals surface area contributed by atoms with Gasteiger partial charge >= 0.3 is 0 Å². The number of rotatable bonds is 4. The van der Waals surface area contributed by atoms with Crippen molar-refractivity contribution in [1.29, 1.82) is 0 Å². The Morgan fingerprint density at radius 1 is 0.366 bits per heavy atom. The third kappa shape index (κ3) is 4.17. The zero-order chi connectivity index (χ0) is 27.2. The van der Waals surface area contributed by atoms with Crippen molar-refractivity contribution in [1.82, 2.24) is 15.0 Å². The van der Waals surface area contributed by atoms with Crippen molar-refractivity contribution in [3.05, 3.63) is 140 Å². The molecule has 0 unspecified atom stereocenters. The summed E-state index contributed by atoms with van der Waals surface area (Å²) in [7, 11) is 0. The predicted octanol–water partition coefficient (Wildman–Crippen LogP) is 10.1. The Bertz CT molecular complexity index is 2140. The molecule has 0 radical (unpaired) electrons. The van der Waals surface area contributed by atoms with Gasteiger partial charge in [-0.25, -0.2) is 15.0 Å². The highest BCUT2D eigenvalue weighted by atomic mass is 32.1. The van der Waals surface area contributed by atoms with E-state index in [2.05, 4.69) is 78.9 Å². The molecule has 0 amide bonds. The van der Waals surface area contributed by atoms with E-state index in [1.807, 2.05) is 72.0 Å².